The lowest BCUT2D eigenvalue weighted by molar-refractivity contribution is 0.179. The number of piperidine rings is 1. The molecule has 2 atom stereocenters. The van der Waals surface area contributed by atoms with Crippen LogP contribution in [0.5, 0.6) is 0 Å². The average molecular weight is 184 g/mol. The van der Waals surface area contributed by atoms with Crippen molar-refractivity contribution >= 4 is 0 Å². The van der Waals surface area contributed by atoms with Crippen LogP contribution in [0.1, 0.15) is 33.1 Å². The molecule has 1 aliphatic heterocycles. The van der Waals surface area contributed by atoms with Crippen LogP contribution < -0.4 is 5.32 Å². The lowest BCUT2D eigenvalue weighted by atomic mass is 10.0. The van der Waals surface area contributed by atoms with Crippen molar-refractivity contribution in [2.75, 3.05) is 26.7 Å². The van der Waals surface area contributed by atoms with Crippen molar-refractivity contribution in [3.8, 4) is 0 Å². The van der Waals surface area contributed by atoms with Crippen molar-refractivity contribution in [2.24, 2.45) is 5.92 Å². The van der Waals surface area contributed by atoms with Crippen LogP contribution in [-0.4, -0.2) is 37.6 Å². The minimum atomic E-state index is 0.780. The number of hydrogen-bond donors (Lipinski definition) is 1. The fraction of sp³-hybridized carbons (Fsp3) is 1.00. The average Bonchev–Trinajstić information content (AvgIpc) is 2.19. The van der Waals surface area contributed by atoms with Gasteiger partial charge in [-0.2, -0.15) is 0 Å². The fourth-order valence-electron chi connectivity index (χ4n) is 1.98. The summed E-state index contributed by atoms with van der Waals surface area (Å²) in [6, 6.07) is 0.780. The van der Waals surface area contributed by atoms with Gasteiger partial charge in [-0.1, -0.05) is 20.3 Å². The first-order valence-electron chi connectivity index (χ1n) is 5.65. The van der Waals surface area contributed by atoms with E-state index in [-0.39, 0.29) is 0 Å². The zero-order valence-corrected chi connectivity index (χ0v) is 9.34. The van der Waals surface area contributed by atoms with Crippen LogP contribution in [-0.2, 0) is 0 Å². The highest BCUT2D eigenvalue weighted by Crippen LogP contribution is 2.11. The van der Waals surface area contributed by atoms with Crippen LogP contribution in [0.15, 0.2) is 0 Å². The molecule has 78 valence electrons. The molecule has 1 rings (SSSR count). The van der Waals surface area contributed by atoms with E-state index < -0.39 is 0 Å². The molecule has 0 saturated carbocycles. The van der Waals surface area contributed by atoms with Gasteiger partial charge in [0.2, 0.25) is 0 Å². The van der Waals surface area contributed by atoms with Gasteiger partial charge in [-0.3, -0.25) is 0 Å². The third kappa shape index (κ3) is 3.65. The summed E-state index contributed by atoms with van der Waals surface area (Å²) in [5, 5.41) is 3.47. The summed E-state index contributed by atoms with van der Waals surface area (Å²) < 4.78 is 0. The van der Waals surface area contributed by atoms with E-state index in [1.165, 1.54) is 38.9 Å². The van der Waals surface area contributed by atoms with Crippen LogP contribution in [0, 0.1) is 5.92 Å². The monoisotopic (exact) mass is 184 g/mol. The van der Waals surface area contributed by atoms with E-state index in [1.807, 2.05) is 0 Å². The topological polar surface area (TPSA) is 15.3 Å². The van der Waals surface area contributed by atoms with E-state index >= 15 is 0 Å². The molecule has 0 spiro atoms. The Morgan fingerprint density at radius 3 is 2.85 bits per heavy atom. The Labute approximate surface area is 82.7 Å². The highest BCUT2D eigenvalue weighted by atomic mass is 15.2. The summed E-state index contributed by atoms with van der Waals surface area (Å²) in [6.07, 6.45) is 4.01. The van der Waals surface area contributed by atoms with Crippen LogP contribution in [0.4, 0.5) is 0 Å². The summed E-state index contributed by atoms with van der Waals surface area (Å²) in [4.78, 5) is 2.53. The first-order chi connectivity index (χ1) is 6.24. The molecule has 1 fully saturated rings. The molecule has 0 radical (unpaired) electrons. The summed E-state index contributed by atoms with van der Waals surface area (Å²) in [7, 11) is 2.27. The van der Waals surface area contributed by atoms with E-state index in [1.54, 1.807) is 0 Å². The minimum Gasteiger partial charge on any atom is -0.315 e. The maximum absolute atomic E-state index is 3.47. The molecule has 2 unspecified atom stereocenters. The molecule has 0 aromatic carbocycles. The van der Waals surface area contributed by atoms with Crippen molar-refractivity contribution in [3.05, 3.63) is 0 Å². The number of likely N-dealkylation sites (N-methyl/N-ethyl adjacent to an activating group) is 1. The summed E-state index contributed by atoms with van der Waals surface area (Å²) in [6.45, 7) is 8.27. The Bertz CT molecular complexity index is 130. The number of nitrogens with zero attached hydrogens (tertiary/aromatic N) is 1. The van der Waals surface area contributed by atoms with Gasteiger partial charge in [-0.15, -0.1) is 0 Å². The molecule has 0 bridgehead atoms. The Morgan fingerprint density at radius 2 is 2.31 bits per heavy atom. The standard InChI is InChI=1S/C11H24N2/c1-4-10(2)9-13(3)11-6-5-7-12-8-11/h10-12H,4-9H2,1-3H3. The van der Waals surface area contributed by atoms with Gasteiger partial charge in [-0.25, -0.2) is 0 Å². The molecule has 1 heterocycles. The number of nitrogens with one attached hydrogen (secondary N) is 1. The van der Waals surface area contributed by atoms with Crippen LogP contribution in [0.25, 0.3) is 0 Å². The van der Waals surface area contributed by atoms with Gasteiger partial charge in [0.25, 0.3) is 0 Å². The zero-order chi connectivity index (χ0) is 9.68. The fourth-order valence-corrected chi connectivity index (χ4v) is 1.98. The number of hydrogen-bond acceptors (Lipinski definition) is 2. The van der Waals surface area contributed by atoms with Gasteiger partial charge in [0.15, 0.2) is 0 Å². The first kappa shape index (κ1) is 11.0. The predicted molar refractivity (Wildman–Crippen MR) is 58.0 cm³/mol. The first-order valence-corrected chi connectivity index (χ1v) is 5.65. The maximum Gasteiger partial charge on any atom is 0.0218 e. The van der Waals surface area contributed by atoms with E-state index in [0.717, 1.165) is 12.0 Å². The van der Waals surface area contributed by atoms with Crippen molar-refractivity contribution in [2.45, 2.75) is 39.2 Å². The number of rotatable bonds is 4. The molecule has 13 heavy (non-hydrogen) atoms. The van der Waals surface area contributed by atoms with Gasteiger partial charge in [0.05, 0.1) is 0 Å². The van der Waals surface area contributed by atoms with E-state index in [2.05, 4.69) is 31.1 Å². The molecular formula is C11H24N2. The summed E-state index contributed by atoms with van der Waals surface area (Å²) in [5.74, 6) is 0.840. The van der Waals surface area contributed by atoms with E-state index in [9.17, 15) is 0 Å². The van der Waals surface area contributed by atoms with E-state index in [4.69, 9.17) is 0 Å². The van der Waals surface area contributed by atoms with Gasteiger partial charge < -0.3 is 10.2 Å². The van der Waals surface area contributed by atoms with Gasteiger partial charge >= 0.3 is 0 Å². The Kier molecular flexibility index (Phi) is 4.74. The lowest BCUT2D eigenvalue weighted by Gasteiger charge is -2.33. The molecule has 0 aromatic heterocycles. The van der Waals surface area contributed by atoms with Crippen molar-refractivity contribution in [3.63, 3.8) is 0 Å². The minimum absolute atomic E-state index is 0.780. The molecule has 0 amide bonds. The molecule has 2 heteroatoms. The summed E-state index contributed by atoms with van der Waals surface area (Å²) >= 11 is 0. The molecule has 0 aliphatic carbocycles. The molecule has 0 aromatic rings. The third-order valence-corrected chi connectivity index (χ3v) is 3.19. The predicted octanol–water partition coefficient (Wildman–Crippen LogP) is 1.72. The molecular weight excluding hydrogens is 160 g/mol. The quantitative estimate of drug-likeness (QED) is 0.715. The molecule has 1 saturated heterocycles. The Hall–Kier alpha value is -0.0800. The highest BCUT2D eigenvalue weighted by molar-refractivity contribution is 4.77. The van der Waals surface area contributed by atoms with Crippen LogP contribution >= 0.6 is 0 Å². The van der Waals surface area contributed by atoms with Crippen LogP contribution in [0.3, 0.4) is 0 Å². The Morgan fingerprint density at radius 1 is 1.54 bits per heavy atom. The van der Waals surface area contributed by atoms with Crippen molar-refractivity contribution in [1.82, 2.24) is 10.2 Å². The largest absolute Gasteiger partial charge is 0.315 e. The summed E-state index contributed by atoms with van der Waals surface area (Å²) in [5.41, 5.74) is 0. The maximum atomic E-state index is 3.47. The SMILES string of the molecule is CCC(C)CN(C)C1CCCNC1. The highest BCUT2D eigenvalue weighted by Gasteiger charge is 2.18. The van der Waals surface area contributed by atoms with Crippen molar-refractivity contribution in [1.29, 1.82) is 0 Å². The lowest BCUT2D eigenvalue weighted by Crippen LogP contribution is -2.45. The van der Waals surface area contributed by atoms with Gasteiger partial charge in [0.1, 0.15) is 0 Å². The molecule has 1 N–H and O–H groups in total. The normalized spacial score (nSPS) is 26.3. The Balaban J connectivity index is 2.24. The second-order valence-corrected chi connectivity index (χ2v) is 4.45. The second kappa shape index (κ2) is 5.61. The van der Waals surface area contributed by atoms with E-state index in [0.29, 0.717) is 0 Å². The smallest absolute Gasteiger partial charge is 0.0218 e. The van der Waals surface area contributed by atoms with Gasteiger partial charge in [0, 0.05) is 19.1 Å². The van der Waals surface area contributed by atoms with Crippen molar-refractivity contribution < 1.29 is 0 Å². The zero-order valence-electron chi connectivity index (χ0n) is 9.34. The van der Waals surface area contributed by atoms with Gasteiger partial charge in [-0.05, 0) is 32.4 Å². The van der Waals surface area contributed by atoms with Crippen LogP contribution in [0.2, 0.25) is 0 Å². The second-order valence-electron chi connectivity index (χ2n) is 4.45. The molecule has 2 nitrogen and oxygen atoms in total. The third-order valence-electron chi connectivity index (χ3n) is 3.19. The molecule has 1 aliphatic rings.